The molecule has 0 saturated carbocycles. The molecule has 2 N–H and O–H groups in total. The molecule has 0 radical (unpaired) electrons. The minimum absolute atomic E-state index is 0. The summed E-state index contributed by atoms with van der Waals surface area (Å²) in [5.74, 6) is -0.0985. The number of nitrogens with zero attached hydrogens (tertiary/aromatic N) is 1. The topological polar surface area (TPSA) is 78.5 Å². The van der Waals surface area contributed by atoms with Gasteiger partial charge in [0.05, 0.1) is 10.8 Å². The Hall–Kier alpha value is -1.15. The van der Waals surface area contributed by atoms with Gasteiger partial charge in [-0.1, -0.05) is 12.5 Å². The zero-order valence-electron chi connectivity index (χ0n) is 14.5. The Bertz CT molecular complexity index is 712. The maximum atomic E-state index is 12.9. The summed E-state index contributed by atoms with van der Waals surface area (Å²) in [7, 11) is -3.50. The first-order valence-corrected chi connectivity index (χ1v) is 10.0. The molecule has 1 unspecified atom stereocenters. The second-order valence-electron chi connectivity index (χ2n) is 6.62. The quantitative estimate of drug-likeness (QED) is 0.829. The average molecular weight is 388 g/mol. The molecule has 140 valence electrons. The van der Waals surface area contributed by atoms with Gasteiger partial charge in [-0.2, -0.15) is 4.31 Å². The molecule has 2 aliphatic rings. The van der Waals surface area contributed by atoms with E-state index in [1.165, 1.54) is 0 Å². The van der Waals surface area contributed by atoms with Gasteiger partial charge in [0.15, 0.2) is 0 Å². The Morgan fingerprint density at radius 1 is 1.24 bits per heavy atom. The lowest BCUT2D eigenvalue weighted by Gasteiger charge is -2.26. The third-order valence-electron chi connectivity index (χ3n) is 4.82. The monoisotopic (exact) mass is 387 g/mol. The van der Waals surface area contributed by atoms with Gasteiger partial charge in [0.25, 0.3) is 0 Å². The maximum Gasteiger partial charge on any atom is 0.243 e. The molecular weight excluding hydrogens is 362 g/mol. The lowest BCUT2D eigenvalue weighted by molar-refractivity contribution is -0.119. The van der Waals surface area contributed by atoms with Crippen molar-refractivity contribution >= 4 is 34.0 Å². The molecule has 2 aliphatic heterocycles. The summed E-state index contributed by atoms with van der Waals surface area (Å²) in [6.07, 6.45) is 3.71. The molecule has 1 amide bonds. The van der Waals surface area contributed by atoms with Crippen molar-refractivity contribution in [1.29, 1.82) is 0 Å². The van der Waals surface area contributed by atoms with Crippen LogP contribution in [-0.4, -0.2) is 44.8 Å². The van der Waals surface area contributed by atoms with Crippen LogP contribution in [0.25, 0.3) is 0 Å². The van der Waals surface area contributed by atoms with E-state index in [1.807, 2.05) is 0 Å². The first-order chi connectivity index (χ1) is 11.5. The summed E-state index contributed by atoms with van der Waals surface area (Å²) in [4.78, 5) is 12.5. The van der Waals surface area contributed by atoms with Crippen molar-refractivity contribution in [1.82, 2.24) is 9.62 Å². The van der Waals surface area contributed by atoms with E-state index in [1.54, 1.807) is 29.4 Å². The third-order valence-corrected chi connectivity index (χ3v) is 6.86. The van der Waals surface area contributed by atoms with Gasteiger partial charge in [-0.25, -0.2) is 8.42 Å². The minimum atomic E-state index is -3.50. The number of rotatable bonds is 4. The number of anilines is 1. The number of carbonyl (C=O) groups excluding carboxylic acids is 1. The number of hydrogen-bond acceptors (Lipinski definition) is 4. The standard InChI is InChI=1S/C17H25N3O3S.ClH/c1-13-5-6-15(19-17(21)14-7-8-18-12-14)11-16(13)24(22,23)20-9-3-2-4-10-20;/h5-6,11,14,18H,2-4,7-10,12H2,1H3,(H,19,21);1H. The van der Waals surface area contributed by atoms with E-state index in [0.717, 1.165) is 32.2 Å². The number of piperidine rings is 1. The van der Waals surface area contributed by atoms with E-state index in [0.29, 0.717) is 35.8 Å². The number of aryl methyl sites for hydroxylation is 1. The fourth-order valence-corrected chi connectivity index (χ4v) is 5.09. The van der Waals surface area contributed by atoms with Crippen molar-refractivity contribution in [3.05, 3.63) is 23.8 Å². The molecule has 1 aromatic carbocycles. The molecule has 0 bridgehead atoms. The van der Waals surface area contributed by atoms with E-state index < -0.39 is 10.0 Å². The Morgan fingerprint density at radius 3 is 2.60 bits per heavy atom. The third kappa shape index (κ3) is 4.53. The fourth-order valence-electron chi connectivity index (χ4n) is 3.32. The summed E-state index contributed by atoms with van der Waals surface area (Å²) in [6.45, 7) is 4.47. The summed E-state index contributed by atoms with van der Waals surface area (Å²) < 4.78 is 27.4. The second-order valence-corrected chi connectivity index (χ2v) is 8.53. The zero-order valence-corrected chi connectivity index (χ0v) is 16.1. The van der Waals surface area contributed by atoms with Crippen molar-refractivity contribution < 1.29 is 13.2 Å². The van der Waals surface area contributed by atoms with Crippen LogP contribution in [0.1, 0.15) is 31.2 Å². The molecule has 8 heteroatoms. The first kappa shape index (κ1) is 20.2. The van der Waals surface area contributed by atoms with Crippen molar-refractivity contribution in [3.8, 4) is 0 Å². The number of nitrogens with one attached hydrogen (secondary N) is 2. The number of halogens is 1. The molecule has 2 fully saturated rings. The zero-order chi connectivity index (χ0) is 17.2. The Balaban J connectivity index is 0.00000225. The van der Waals surface area contributed by atoms with Crippen LogP contribution >= 0.6 is 12.4 Å². The first-order valence-electron chi connectivity index (χ1n) is 8.61. The van der Waals surface area contributed by atoms with Gasteiger partial charge in [0.2, 0.25) is 15.9 Å². The highest BCUT2D eigenvalue weighted by Gasteiger charge is 2.28. The van der Waals surface area contributed by atoms with Gasteiger partial charge >= 0.3 is 0 Å². The van der Waals surface area contributed by atoms with E-state index >= 15 is 0 Å². The van der Waals surface area contributed by atoms with E-state index in [4.69, 9.17) is 0 Å². The maximum absolute atomic E-state index is 12.9. The molecule has 0 spiro atoms. The number of hydrogen-bond donors (Lipinski definition) is 2. The second kappa shape index (κ2) is 8.49. The average Bonchev–Trinajstić information content (AvgIpc) is 3.12. The molecule has 2 saturated heterocycles. The van der Waals surface area contributed by atoms with Gasteiger partial charge < -0.3 is 10.6 Å². The number of sulfonamides is 1. The molecule has 1 aromatic rings. The summed E-state index contributed by atoms with van der Waals surface area (Å²) in [6, 6.07) is 5.13. The predicted octanol–water partition coefficient (Wildman–Crippen LogP) is 2.14. The van der Waals surface area contributed by atoms with Crippen LogP contribution in [0.5, 0.6) is 0 Å². The molecule has 0 aliphatic carbocycles. The summed E-state index contributed by atoms with van der Waals surface area (Å²) in [5, 5.41) is 6.03. The van der Waals surface area contributed by atoms with Crippen molar-refractivity contribution in [2.24, 2.45) is 5.92 Å². The van der Waals surface area contributed by atoms with Gasteiger partial charge in [0.1, 0.15) is 0 Å². The number of benzene rings is 1. The van der Waals surface area contributed by atoms with Gasteiger partial charge in [-0.05, 0) is 50.4 Å². The van der Waals surface area contributed by atoms with E-state index in [9.17, 15) is 13.2 Å². The van der Waals surface area contributed by atoms with Crippen molar-refractivity contribution in [2.75, 3.05) is 31.5 Å². The largest absolute Gasteiger partial charge is 0.326 e. The van der Waals surface area contributed by atoms with E-state index in [2.05, 4.69) is 10.6 Å². The van der Waals surface area contributed by atoms with Gasteiger partial charge in [-0.15, -0.1) is 12.4 Å². The summed E-state index contributed by atoms with van der Waals surface area (Å²) >= 11 is 0. The minimum Gasteiger partial charge on any atom is -0.326 e. The highest BCUT2D eigenvalue weighted by molar-refractivity contribution is 7.89. The van der Waals surface area contributed by atoms with Gasteiger partial charge in [0, 0.05) is 25.3 Å². The van der Waals surface area contributed by atoms with Crippen LogP contribution in [-0.2, 0) is 14.8 Å². The van der Waals surface area contributed by atoms with Crippen LogP contribution in [0.3, 0.4) is 0 Å². The SMILES string of the molecule is Cc1ccc(NC(=O)C2CCNC2)cc1S(=O)(=O)N1CCCCC1.Cl. The molecule has 3 rings (SSSR count). The van der Waals surface area contributed by atoms with Crippen LogP contribution in [0.2, 0.25) is 0 Å². The fraction of sp³-hybridized carbons (Fsp3) is 0.588. The predicted molar refractivity (Wildman–Crippen MR) is 101 cm³/mol. The normalized spacial score (nSPS) is 21.6. The van der Waals surface area contributed by atoms with Crippen LogP contribution in [0, 0.1) is 12.8 Å². The Kier molecular flexibility index (Phi) is 6.85. The molecule has 6 nitrogen and oxygen atoms in total. The number of amides is 1. The molecule has 2 heterocycles. The highest BCUT2D eigenvalue weighted by Crippen LogP contribution is 2.26. The Labute approximate surface area is 155 Å². The number of carbonyl (C=O) groups is 1. The van der Waals surface area contributed by atoms with E-state index in [-0.39, 0.29) is 24.2 Å². The molecular formula is C17H26ClN3O3S. The molecule has 25 heavy (non-hydrogen) atoms. The Morgan fingerprint density at radius 2 is 1.96 bits per heavy atom. The van der Waals surface area contributed by atoms with Crippen LogP contribution in [0.4, 0.5) is 5.69 Å². The highest BCUT2D eigenvalue weighted by atomic mass is 35.5. The smallest absolute Gasteiger partial charge is 0.243 e. The van der Waals surface area contributed by atoms with Gasteiger partial charge in [-0.3, -0.25) is 4.79 Å². The van der Waals surface area contributed by atoms with Crippen molar-refractivity contribution in [2.45, 2.75) is 37.5 Å². The van der Waals surface area contributed by atoms with Crippen LogP contribution in [0.15, 0.2) is 23.1 Å². The lowest BCUT2D eigenvalue weighted by Crippen LogP contribution is -2.36. The summed E-state index contributed by atoms with van der Waals surface area (Å²) in [5.41, 5.74) is 1.26. The molecule has 0 aromatic heterocycles. The lowest BCUT2D eigenvalue weighted by atomic mass is 10.1. The van der Waals surface area contributed by atoms with Crippen molar-refractivity contribution in [3.63, 3.8) is 0 Å². The van der Waals surface area contributed by atoms with Crippen LogP contribution < -0.4 is 10.6 Å². The molecule has 1 atom stereocenters.